The van der Waals surface area contributed by atoms with E-state index >= 15 is 0 Å². The summed E-state index contributed by atoms with van der Waals surface area (Å²) in [5, 5.41) is 7.21. The predicted molar refractivity (Wildman–Crippen MR) is 114 cm³/mol. The van der Waals surface area contributed by atoms with E-state index in [0.29, 0.717) is 28.9 Å². The first-order valence-electron chi connectivity index (χ1n) is 8.96. The average Bonchev–Trinajstić information content (AvgIpc) is 3.11. The maximum Gasteiger partial charge on any atom is 0.227 e. The summed E-state index contributed by atoms with van der Waals surface area (Å²) >= 11 is 6.10. The number of aryl methyl sites for hydroxylation is 1. The number of nitrogens with one attached hydrogen (secondary N) is 2. The first kappa shape index (κ1) is 18.1. The Hall–Kier alpha value is -3.32. The Morgan fingerprint density at radius 1 is 1.11 bits per heavy atom. The quantitative estimate of drug-likeness (QED) is 0.419. The number of nitrogens with two attached hydrogens (primary N) is 1. The molecule has 0 aliphatic carbocycles. The number of imidazole rings is 1. The van der Waals surface area contributed by atoms with Gasteiger partial charge < -0.3 is 20.9 Å². The van der Waals surface area contributed by atoms with E-state index in [2.05, 4.69) is 25.6 Å². The summed E-state index contributed by atoms with van der Waals surface area (Å²) in [7, 11) is 0. The monoisotopic (exact) mass is 393 g/mol. The molecule has 4 aromatic rings. The lowest BCUT2D eigenvalue weighted by Gasteiger charge is -2.11. The number of nitrogen functional groups attached to an aromatic ring is 1. The first-order valence-corrected chi connectivity index (χ1v) is 9.34. The van der Waals surface area contributed by atoms with Crippen molar-refractivity contribution in [1.82, 2.24) is 19.5 Å². The molecule has 0 spiro atoms. The number of aromatic nitrogens is 4. The van der Waals surface area contributed by atoms with Crippen molar-refractivity contribution in [3.8, 4) is 0 Å². The van der Waals surface area contributed by atoms with Gasteiger partial charge in [-0.2, -0.15) is 9.97 Å². The number of hydrogen-bond donors (Lipinski definition) is 3. The second-order valence-corrected chi connectivity index (χ2v) is 6.72. The largest absolute Gasteiger partial charge is 0.398 e. The fourth-order valence-electron chi connectivity index (χ4n) is 2.91. The second-order valence-electron chi connectivity index (χ2n) is 6.29. The highest BCUT2D eigenvalue weighted by molar-refractivity contribution is 6.30. The Morgan fingerprint density at radius 3 is 2.75 bits per heavy atom. The van der Waals surface area contributed by atoms with Gasteiger partial charge in [-0.25, -0.2) is 4.98 Å². The van der Waals surface area contributed by atoms with Crippen LogP contribution in [0.5, 0.6) is 0 Å². The van der Waals surface area contributed by atoms with Crippen molar-refractivity contribution >= 4 is 45.9 Å². The van der Waals surface area contributed by atoms with Crippen LogP contribution < -0.4 is 16.4 Å². The second kappa shape index (κ2) is 7.74. The molecule has 4 N–H and O–H groups in total. The van der Waals surface area contributed by atoms with E-state index in [0.717, 1.165) is 29.1 Å². The van der Waals surface area contributed by atoms with E-state index in [4.69, 9.17) is 17.3 Å². The van der Waals surface area contributed by atoms with Gasteiger partial charge in [-0.3, -0.25) is 0 Å². The summed E-state index contributed by atoms with van der Waals surface area (Å²) in [6.45, 7) is 3.33. The van der Waals surface area contributed by atoms with Crippen molar-refractivity contribution in [3.05, 3.63) is 65.4 Å². The van der Waals surface area contributed by atoms with Crippen molar-refractivity contribution in [1.29, 1.82) is 0 Å². The minimum absolute atomic E-state index is 0.496. The molecule has 0 amide bonds. The van der Waals surface area contributed by atoms with Gasteiger partial charge in [0.25, 0.3) is 0 Å². The molecule has 0 saturated heterocycles. The molecule has 2 aromatic heterocycles. The van der Waals surface area contributed by atoms with Crippen molar-refractivity contribution in [2.24, 2.45) is 0 Å². The Morgan fingerprint density at radius 2 is 1.96 bits per heavy atom. The Balaban J connectivity index is 1.69. The molecule has 0 bridgehead atoms. The van der Waals surface area contributed by atoms with Gasteiger partial charge in [0.2, 0.25) is 5.95 Å². The molecule has 0 radical (unpaired) electrons. The molecular weight excluding hydrogens is 374 g/mol. The topological polar surface area (TPSA) is 93.7 Å². The molecule has 0 fully saturated rings. The summed E-state index contributed by atoms with van der Waals surface area (Å²) < 4.78 is 1.97. The standard InChI is InChI=1S/C20H20ClN7/c1-2-28-12-24-17-18(25-15-8-5-7-14(21)10-15)26-20(27-19(17)28)23-11-13-6-3-4-9-16(13)22/h3-10,12H,2,11,22H2,1H3,(H2,23,25,26,27). The third-order valence-corrected chi connectivity index (χ3v) is 4.62. The first-order chi connectivity index (χ1) is 13.6. The maximum absolute atomic E-state index is 6.10. The number of rotatable bonds is 6. The van der Waals surface area contributed by atoms with Crippen LogP contribution in [0.3, 0.4) is 0 Å². The van der Waals surface area contributed by atoms with E-state index < -0.39 is 0 Å². The van der Waals surface area contributed by atoms with Crippen LogP contribution in [0.15, 0.2) is 54.9 Å². The van der Waals surface area contributed by atoms with E-state index in [1.165, 1.54) is 0 Å². The Kier molecular flexibility index (Phi) is 4.99. The summed E-state index contributed by atoms with van der Waals surface area (Å²) in [6, 6.07) is 15.2. The number of hydrogen-bond acceptors (Lipinski definition) is 6. The van der Waals surface area contributed by atoms with E-state index in [9.17, 15) is 0 Å². The summed E-state index contributed by atoms with van der Waals surface area (Å²) in [5.41, 5.74) is 10.0. The van der Waals surface area contributed by atoms with Crippen LogP contribution in [0, 0.1) is 0 Å². The van der Waals surface area contributed by atoms with Crippen molar-refractivity contribution in [3.63, 3.8) is 0 Å². The molecule has 0 atom stereocenters. The fourth-order valence-corrected chi connectivity index (χ4v) is 3.10. The van der Waals surface area contributed by atoms with Crippen molar-refractivity contribution in [2.75, 3.05) is 16.4 Å². The highest BCUT2D eigenvalue weighted by Gasteiger charge is 2.13. The molecule has 2 aromatic carbocycles. The van der Waals surface area contributed by atoms with Gasteiger partial charge in [0.05, 0.1) is 6.33 Å². The highest BCUT2D eigenvalue weighted by Crippen LogP contribution is 2.26. The van der Waals surface area contributed by atoms with Gasteiger partial charge in [-0.05, 0) is 36.8 Å². The van der Waals surface area contributed by atoms with Crippen LogP contribution in [-0.4, -0.2) is 19.5 Å². The number of para-hydroxylation sites is 1. The van der Waals surface area contributed by atoms with Gasteiger partial charge in [0, 0.05) is 29.5 Å². The van der Waals surface area contributed by atoms with E-state index in [1.54, 1.807) is 6.33 Å². The molecule has 0 saturated carbocycles. The Bertz CT molecular complexity index is 1120. The number of nitrogens with zero attached hydrogens (tertiary/aromatic N) is 4. The molecule has 0 unspecified atom stereocenters. The van der Waals surface area contributed by atoms with E-state index in [1.807, 2.05) is 60.0 Å². The van der Waals surface area contributed by atoms with Gasteiger partial charge in [-0.1, -0.05) is 35.9 Å². The van der Waals surface area contributed by atoms with Crippen LogP contribution >= 0.6 is 11.6 Å². The zero-order valence-corrected chi connectivity index (χ0v) is 16.1. The normalized spacial score (nSPS) is 10.9. The van der Waals surface area contributed by atoms with Gasteiger partial charge in [0.1, 0.15) is 0 Å². The smallest absolute Gasteiger partial charge is 0.227 e. The lowest BCUT2D eigenvalue weighted by Crippen LogP contribution is -2.08. The molecule has 0 aliphatic rings. The number of anilines is 4. The summed E-state index contributed by atoms with van der Waals surface area (Å²) in [6.07, 6.45) is 1.77. The molecule has 2 heterocycles. The highest BCUT2D eigenvalue weighted by atomic mass is 35.5. The lowest BCUT2D eigenvalue weighted by molar-refractivity contribution is 0.777. The summed E-state index contributed by atoms with van der Waals surface area (Å²) in [5.74, 6) is 1.11. The predicted octanol–water partition coefficient (Wildman–Crippen LogP) is 4.44. The zero-order valence-electron chi connectivity index (χ0n) is 15.4. The molecular formula is C20H20ClN7. The van der Waals surface area contributed by atoms with Crippen LogP contribution in [0.2, 0.25) is 5.02 Å². The zero-order chi connectivity index (χ0) is 19.5. The van der Waals surface area contributed by atoms with Crippen molar-refractivity contribution < 1.29 is 0 Å². The van der Waals surface area contributed by atoms with Gasteiger partial charge in [-0.15, -0.1) is 0 Å². The fraction of sp³-hybridized carbons (Fsp3) is 0.150. The average molecular weight is 394 g/mol. The maximum atomic E-state index is 6.10. The molecule has 28 heavy (non-hydrogen) atoms. The minimum atomic E-state index is 0.496. The lowest BCUT2D eigenvalue weighted by atomic mass is 10.2. The Labute approximate surface area is 167 Å². The molecule has 7 nitrogen and oxygen atoms in total. The van der Waals surface area contributed by atoms with Crippen molar-refractivity contribution in [2.45, 2.75) is 20.0 Å². The third kappa shape index (κ3) is 3.70. The molecule has 4 rings (SSSR count). The summed E-state index contributed by atoms with van der Waals surface area (Å²) in [4.78, 5) is 13.7. The molecule has 142 valence electrons. The van der Waals surface area contributed by atoms with E-state index in [-0.39, 0.29) is 0 Å². The van der Waals surface area contributed by atoms with Crippen LogP contribution in [0.25, 0.3) is 11.2 Å². The third-order valence-electron chi connectivity index (χ3n) is 4.38. The van der Waals surface area contributed by atoms with Crippen LogP contribution in [0.4, 0.5) is 23.1 Å². The number of halogens is 1. The van der Waals surface area contributed by atoms with Crippen LogP contribution in [0.1, 0.15) is 12.5 Å². The molecule has 0 aliphatic heterocycles. The van der Waals surface area contributed by atoms with Gasteiger partial charge >= 0.3 is 0 Å². The number of benzene rings is 2. The molecule has 8 heteroatoms. The SMILES string of the molecule is CCn1cnc2c(Nc3cccc(Cl)c3)nc(NCc3ccccc3N)nc21. The number of fused-ring (bicyclic) bond motifs is 1. The van der Waals surface area contributed by atoms with Gasteiger partial charge in [0.15, 0.2) is 17.0 Å². The van der Waals surface area contributed by atoms with Crippen LogP contribution in [-0.2, 0) is 13.1 Å². The minimum Gasteiger partial charge on any atom is -0.398 e.